The number of benzene rings is 1. The first-order chi connectivity index (χ1) is 10.9. The average molecular weight is 393 g/mol. The van der Waals surface area contributed by atoms with Crippen molar-refractivity contribution in [3.8, 4) is 0 Å². The molecule has 134 valence electrons. The van der Waals surface area contributed by atoms with Crippen molar-refractivity contribution in [3.05, 3.63) is 39.1 Å². The zero-order valence-corrected chi connectivity index (χ0v) is 17.3. The fourth-order valence-corrected chi connectivity index (χ4v) is 3.12. The van der Waals surface area contributed by atoms with Gasteiger partial charge in [-0.1, -0.05) is 44.0 Å². The molecule has 24 heavy (non-hydrogen) atoms. The van der Waals surface area contributed by atoms with Crippen LogP contribution in [0.15, 0.2) is 12.1 Å². The molecule has 3 nitrogen and oxygen atoms in total. The highest BCUT2D eigenvalue weighted by Crippen LogP contribution is 2.39. The summed E-state index contributed by atoms with van der Waals surface area (Å²) >= 11 is 12.4. The van der Waals surface area contributed by atoms with Gasteiger partial charge in [0.15, 0.2) is 8.32 Å². The van der Waals surface area contributed by atoms with Crippen LogP contribution in [0.4, 0.5) is 4.39 Å². The molecular formula is C17H23Cl2FO3Si. The zero-order valence-electron chi connectivity index (χ0n) is 14.8. The van der Waals surface area contributed by atoms with Gasteiger partial charge in [0.05, 0.1) is 18.7 Å². The third-order valence-electron chi connectivity index (χ3n) is 4.27. The van der Waals surface area contributed by atoms with Crippen LogP contribution >= 0.6 is 23.2 Å². The molecule has 0 amide bonds. The lowest BCUT2D eigenvalue weighted by Gasteiger charge is -2.36. The van der Waals surface area contributed by atoms with Crippen LogP contribution in [-0.4, -0.2) is 21.4 Å². The topological polar surface area (TPSA) is 35.5 Å². The Morgan fingerprint density at radius 1 is 1.33 bits per heavy atom. The van der Waals surface area contributed by atoms with Crippen LogP contribution in [0.25, 0.3) is 6.08 Å². The summed E-state index contributed by atoms with van der Waals surface area (Å²) in [7, 11) is -0.774. The van der Waals surface area contributed by atoms with E-state index >= 15 is 0 Å². The van der Waals surface area contributed by atoms with Gasteiger partial charge >= 0.3 is 5.97 Å². The highest BCUT2D eigenvalue weighted by molar-refractivity contribution is 6.74. The molecule has 0 spiro atoms. The van der Waals surface area contributed by atoms with Gasteiger partial charge < -0.3 is 9.16 Å². The summed E-state index contributed by atoms with van der Waals surface area (Å²) in [5, 5.41) is 0.226. The van der Waals surface area contributed by atoms with E-state index in [9.17, 15) is 9.18 Å². The van der Waals surface area contributed by atoms with Crippen molar-refractivity contribution in [2.24, 2.45) is 0 Å². The van der Waals surface area contributed by atoms with Crippen LogP contribution in [0.5, 0.6) is 0 Å². The molecular weight excluding hydrogens is 370 g/mol. The van der Waals surface area contributed by atoms with E-state index in [1.54, 1.807) is 0 Å². The van der Waals surface area contributed by atoms with Gasteiger partial charge in [-0.15, -0.1) is 0 Å². The van der Waals surface area contributed by atoms with Crippen LogP contribution < -0.4 is 0 Å². The summed E-state index contributed by atoms with van der Waals surface area (Å²) in [6.07, 6.45) is 2.38. The Morgan fingerprint density at radius 3 is 2.42 bits per heavy atom. The number of rotatable bonds is 5. The van der Waals surface area contributed by atoms with E-state index in [0.717, 1.165) is 6.08 Å². The van der Waals surface area contributed by atoms with Crippen molar-refractivity contribution in [2.45, 2.75) is 45.5 Å². The number of ether oxygens (including phenoxy) is 1. The molecule has 1 aromatic rings. The average Bonchev–Trinajstić information content (AvgIpc) is 2.47. The van der Waals surface area contributed by atoms with Gasteiger partial charge in [0.2, 0.25) is 0 Å². The van der Waals surface area contributed by atoms with Crippen molar-refractivity contribution in [1.82, 2.24) is 0 Å². The Labute approximate surface area is 153 Å². The molecule has 0 atom stereocenters. The molecule has 0 aromatic heterocycles. The number of esters is 1. The largest absolute Gasteiger partial charge is 0.466 e. The zero-order chi connectivity index (χ0) is 18.7. The molecule has 0 unspecified atom stereocenters. The van der Waals surface area contributed by atoms with Gasteiger partial charge in [-0.25, -0.2) is 9.18 Å². The van der Waals surface area contributed by atoms with Gasteiger partial charge in [0.25, 0.3) is 0 Å². The third kappa shape index (κ3) is 5.05. The minimum Gasteiger partial charge on any atom is -0.466 e. The molecule has 0 saturated carbocycles. The highest BCUT2D eigenvalue weighted by atomic mass is 35.5. The Kier molecular flexibility index (Phi) is 7.05. The number of hydrogen-bond acceptors (Lipinski definition) is 3. The van der Waals surface area contributed by atoms with Crippen LogP contribution in [0.1, 0.15) is 31.9 Å². The number of methoxy groups -OCH3 is 1. The Bertz CT molecular complexity index is 652. The van der Waals surface area contributed by atoms with Crippen LogP contribution in [-0.2, 0) is 20.6 Å². The normalized spacial score (nSPS) is 12.7. The second-order valence-electron chi connectivity index (χ2n) is 6.96. The minimum absolute atomic E-state index is 0.0215. The predicted octanol–water partition coefficient (Wildman–Crippen LogP) is 5.84. The standard InChI is InChI=1S/C17H23Cl2FO3Si/c1-17(2,3)24(5,6)23-10-12-13(18)9-11(16(20)15(12)19)7-8-14(21)22-4/h7-9H,10H2,1-6H3/b8-7+. The smallest absolute Gasteiger partial charge is 0.330 e. The summed E-state index contributed by atoms with van der Waals surface area (Å²) in [4.78, 5) is 11.1. The van der Waals surface area contributed by atoms with E-state index in [1.165, 1.54) is 19.3 Å². The van der Waals surface area contributed by atoms with Gasteiger partial charge in [-0.2, -0.15) is 0 Å². The molecule has 0 fully saturated rings. The highest BCUT2D eigenvalue weighted by Gasteiger charge is 2.37. The molecule has 0 radical (unpaired) electrons. The molecule has 0 aliphatic rings. The monoisotopic (exact) mass is 392 g/mol. The van der Waals surface area contributed by atoms with Crippen molar-refractivity contribution >= 4 is 43.6 Å². The van der Waals surface area contributed by atoms with E-state index in [1.807, 2.05) is 0 Å². The third-order valence-corrected chi connectivity index (χ3v) is 9.47. The molecule has 0 N–H and O–H groups in total. The summed E-state index contributed by atoms with van der Waals surface area (Å²) in [5.41, 5.74) is 0.530. The van der Waals surface area contributed by atoms with Gasteiger partial charge in [-0.3, -0.25) is 0 Å². The second-order valence-corrected chi connectivity index (χ2v) is 12.6. The van der Waals surface area contributed by atoms with Crippen LogP contribution in [0.2, 0.25) is 28.2 Å². The summed E-state index contributed by atoms with van der Waals surface area (Å²) in [6, 6.07) is 1.42. The maximum absolute atomic E-state index is 14.4. The minimum atomic E-state index is -2.01. The maximum atomic E-state index is 14.4. The lowest BCUT2D eigenvalue weighted by molar-refractivity contribution is -0.134. The van der Waals surface area contributed by atoms with E-state index in [-0.39, 0.29) is 22.2 Å². The maximum Gasteiger partial charge on any atom is 0.330 e. The molecule has 1 rings (SSSR count). The molecule has 0 aliphatic heterocycles. The fourth-order valence-electron chi connectivity index (χ4n) is 1.60. The first-order valence-corrected chi connectivity index (χ1v) is 11.1. The van der Waals surface area contributed by atoms with Crippen LogP contribution in [0, 0.1) is 5.82 Å². The molecule has 0 bridgehead atoms. The molecule has 0 aliphatic carbocycles. The Morgan fingerprint density at radius 2 is 1.92 bits per heavy atom. The molecule has 1 aromatic carbocycles. The lowest BCUT2D eigenvalue weighted by atomic mass is 10.1. The van der Waals surface area contributed by atoms with Crippen molar-refractivity contribution in [1.29, 1.82) is 0 Å². The van der Waals surface area contributed by atoms with E-state index in [2.05, 4.69) is 38.6 Å². The van der Waals surface area contributed by atoms with Gasteiger partial charge in [0, 0.05) is 22.2 Å². The molecule has 0 saturated heterocycles. The van der Waals surface area contributed by atoms with Crippen molar-refractivity contribution in [3.63, 3.8) is 0 Å². The van der Waals surface area contributed by atoms with Crippen LogP contribution in [0.3, 0.4) is 0 Å². The van der Waals surface area contributed by atoms with Gasteiger partial charge in [-0.05, 0) is 30.3 Å². The number of carbonyl (C=O) groups is 1. The summed E-state index contributed by atoms with van der Waals surface area (Å²) < 4.78 is 24.9. The Balaban J connectivity index is 3.10. The van der Waals surface area contributed by atoms with E-state index in [4.69, 9.17) is 27.6 Å². The number of halogens is 3. The van der Waals surface area contributed by atoms with E-state index in [0.29, 0.717) is 10.6 Å². The SMILES string of the molecule is COC(=O)/C=C/c1cc(Cl)c(CO[Si](C)(C)C(C)(C)C)c(Cl)c1F. The lowest BCUT2D eigenvalue weighted by Crippen LogP contribution is -2.40. The van der Waals surface area contributed by atoms with Crippen molar-refractivity contribution < 1.29 is 18.3 Å². The first kappa shape index (κ1) is 21.2. The number of carbonyl (C=O) groups excluding carboxylic acids is 1. The number of hydrogen-bond donors (Lipinski definition) is 0. The summed E-state index contributed by atoms with van der Waals surface area (Å²) in [5.74, 6) is -1.23. The van der Waals surface area contributed by atoms with E-state index < -0.39 is 20.1 Å². The summed E-state index contributed by atoms with van der Waals surface area (Å²) in [6.45, 7) is 10.7. The second kappa shape index (κ2) is 8.00. The van der Waals surface area contributed by atoms with Gasteiger partial charge in [0.1, 0.15) is 5.82 Å². The Hall–Kier alpha value is -0.883. The fraction of sp³-hybridized carbons (Fsp3) is 0.471. The molecule has 7 heteroatoms. The molecule has 0 heterocycles. The quantitative estimate of drug-likeness (QED) is 0.273. The first-order valence-electron chi connectivity index (χ1n) is 7.47. The predicted molar refractivity (Wildman–Crippen MR) is 99.5 cm³/mol. The van der Waals surface area contributed by atoms with Crippen molar-refractivity contribution in [2.75, 3.05) is 7.11 Å².